The molecule has 0 aliphatic rings. The highest BCUT2D eigenvalue weighted by atomic mass is 19.2. The molecule has 0 saturated heterocycles. The number of rotatable bonds is 7. The molecule has 0 saturated carbocycles. The third-order valence-electron chi connectivity index (χ3n) is 3.31. The quantitative estimate of drug-likeness (QED) is 0.636. The number of ether oxygens (including phenoxy) is 2. The summed E-state index contributed by atoms with van der Waals surface area (Å²) < 4.78 is 38.4. The van der Waals surface area contributed by atoms with Crippen molar-refractivity contribution in [1.29, 1.82) is 0 Å². The van der Waals surface area contributed by atoms with Gasteiger partial charge in [0.2, 0.25) is 5.82 Å². The van der Waals surface area contributed by atoms with Gasteiger partial charge in [0, 0.05) is 5.56 Å². The van der Waals surface area contributed by atoms with Gasteiger partial charge >= 0.3 is 0 Å². The molecule has 0 radical (unpaired) electrons. The zero-order valence-corrected chi connectivity index (χ0v) is 13.3. The lowest BCUT2D eigenvalue weighted by atomic mass is 10.1. The number of benzene rings is 2. The second-order valence-electron chi connectivity index (χ2n) is 5.12. The molecular weight excluding hydrogens is 298 g/mol. The van der Waals surface area contributed by atoms with Crippen molar-refractivity contribution < 1.29 is 18.3 Å². The lowest BCUT2D eigenvalue weighted by molar-refractivity contribution is 0.295. The van der Waals surface area contributed by atoms with Crippen LogP contribution in [0.3, 0.4) is 0 Å². The maximum atomic E-state index is 14.0. The highest BCUT2D eigenvalue weighted by molar-refractivity contribution is 5.32. The SMILES string of the molecule is CC=COc1ccc(COc2ccc(CCC)cc2)c(F)c1F. The van der Waals surface area contributed by atoms with Crippen LogP contribution >= 0.6 is 0 Å². The second-order valence-corrected chi connectivity index (χ2v) is 5.12. The van der Waals surface area contributed by atoms with Crippen molar-refractivity contribution in [3.63, 3.8) is 0 Å². The van der Waals surface area contributed by atoms with Crippen molar-refractivity contribution in [2.24, 2.45) is 0 Å². The minimum absolute atomic E-state index is 0.0419. The van der Waals surface area contributed by atoms with Crippen LogP contribution in [0.1, 0.15) is 31.4 Å². The summed E-state index contributed by atoms with van der Waals surface area (Å²) in [6, 6.07) is 10.5. The summed E-state index contributed by atoms with van der Waals surface area (Å²) in [5, 5.41) is 0. The van der Waals surface area contributed by atoms with E-state index in [1.165, 1.54) is 24.0 Å². The van der Waals surface area contributed by atoms with E-state index in [4.69, 9.17) is 9.47 Å². The zero-order chi connectivity index (χ0) is 16.7. The summed E-state index contributed by atoms with van der Waals surface area (Å²) in [7, 11) is 0. The molecule has 0 heterocycles. The molecule has 23 heavy (non-hydrogen) atoms. The van der Waals surface area contributed by atoms with Crippen LogP contribution in [0.4, 0.5) is 8.78 Å². The van der Waals surface area contributed by atoms with Gasteiger partial charge in [-0.05, 0) is 43.2 Å². The molecule has 0 bridgehead atoms. The fourth-order valence-corrected chi connectivity index (χ4v) is 2.12. The third kappa shape index (κ3) is 4.55. The van der Waals surface area contributed by atoms with Crippen LogP contribution in [-0.2, 0) is 13.0 Å². The lowest BCUT2D eigenvalue weighted by Crippen LogP contribution is -2.02. The number of hydrogen-bond donors (Lipinski definition) is 0. The van der Waals surface area contributed by atoms with Crippen molar-refractivity contribution in [2.45, 2.75) is 33.3 Å². The van der Waals surface area contributed by atoms with Gasteiger partial charge in [0.1, 0.15) is 12.4 Å². The Kier molecular flexibility index (Phi) is 6.15. The first kappa shape index (κ1) is 17.0. The molecule has 0 spiro atoms. The maximum absolute atomic E-state index is 14.0. The third-order valence-corrected chi connectivity index (χ3v) is 3.31. The fourth-order valence-electron chi connectivity index (χ4n) is 2.12. The second kappa shape index (κ2) is 8.32. The lowest BCUT2D eigenvalue weighted by Gasteiger charge is -2.10. The summed E-state index contributed by atoms with van der Waals surface area (Å²) in [6.07, 6.45) is 4.97. The van der Waals surface area contributed by atoms with E-state index in [0.29, 0.717) is 5.75 Å². The molecule has 0 aromatic heterocycles. The highest BCUT2D eigenvalue weighted by Gasteiger charge is 2.14. The Morgan fingerprint density at radius 3 is 2.39 bits per heavy atom. The van der Waals surface area contributed by atoms with Crippen molar-refractivity contribution in [1.82, 2.24) is 0 Å². The average Bonchev–Trinajstić information content (AvgIpc) is 2.57. The summed E-state index contributed by atoms with van der Waals surface area (Å²) in [5.74, 6) is -1.48. The molecule has 0 aliphatic carbocycles. The number of halogens is 2. The highest BCUT2D eigenvalue weighted by Crippen LogP contribution is 2.24. The predicted octanol–water partition coefficient (Wildman–Crippen LogP) is 5.41. The Labute approximate surface area is 135 Å². The van der Waals surface area contributed by atoms with Gasteiger partial charge in [-0.2, -0.15) is 4.39 Å². The van der Waals surface area contributed by atoms with E-state index >= 15 is 0 Å². The van der Waals surface area contributed by atoms with Crippen LogP contribution in [0.2, 0.25) is 0 Å². The smallest absolute Gasteiger partial charge is 0.201 e. The first-order chi connectivity index (χ1) is 11.2. The zero-order valence-electron chi connectivity index (χ0n) is 13.3. The van der Waals surface area contributed by atoms with Gasteiger partial charge in [-0.1, -0.05) is 31.6 Å². The Bertz CT molecular complexity index is 664. The first-order valence-electron chi connectivity index (χ1n) is 7.62. The minimum atomic E-state index is -1.01. The van der Waals surface area contributed by atoms with E-state index < -0.39 is 11.6 Å². The molecule has 2 aromatic carbocycles. The largest absolute Gasteiger partial charge is 0.489 e. The standard InChI is InChI=1S/C19H20F2O2/c1-3-5-14-6-9-16(10-7-14)23-13-15-8-11-17(22-12-4-2)19(21)18(15)20/h4,6-12H,3,5,13H2,1-2H3. The van der Waals surface area contributed by atoms with Gasteiger partial charge in [-0.15, -0.1) is 0 Å². The van der Waals surface area contributed by atoms with Gasteiger partial charge in [0.15, 0.2) is 11.6 Å². The van der Waals surface area contributed by atoms with Crippen LogP contribution in [0.5, 0.6) is 11.5 Å². The Morgan fingerprint density at radius 1 is 1.00 bits per heavy atom. The topological polar surface area (TPSA) is 18.5 Å². The van der Waals surface area contributed by atoms with E-state index in [2.05, 4.69) is 6.92 Å². The van der Waals surface area contributed by atoms with Crippen LogP contribution < -0.4 is 9.47 Å². The molecule has 0 N–H and O–H groups in total. The van der Waals surface area contributed by atoms with Gasteiger partial charge in [0.25, 0.3) is 0 Å². The normalized spacial score (nSPS) is 11.0. The van der Waals surface area contributed by atoms with E-state index in [1.54, 1.807) is 13.0 Å². The molecule has 0 aliphatic heterocycles. The maximum Gasteiger partial charge on any atom is 0.201 e. The fraction of sp³-hybridized carbons (Fsp3) is 0.263. The van der Waals surface area contributed by atoms with Gasteiger partial charge in [0.05, 0.1) is 6.26 Å². The van der Waals surface area contributed by atoms with Crippen molar-refractivity contribution in [2.75, 3.05) is 0 Å². The van der Waals surface area contributed by atoms with Crippen molar-refractivity contribution in [3.8, 4) is 11.5 Å². The van der Waals surface area contributed by atoms with Crippen LogP contribution in [0.15, 0.2) is 48.7 Å². The first-order valence-corrected chi connectivity index (χ1v) is 7.62. The Morgan fingerprint density at radius 2 is 1.74 bits per heavy atom. The van der Waals surface area contributed by atoms with Crippen LogP contribution in [-0.4, -0.2) is 0 Å². The monoisotopic (exact) mass is 318 g/mol. The summed E-state index contributed by atoms with van der Waals surface area (Å²) >= 11 is 0. The molecule has 2 aromatic rings. The van der Waals surface area contributed by atoms with E-state index in [1.807, 2.05) is 24.3 Å². The van der Waals surface area contributed by atoms with Gasteiger partial charge in [-0.25, -0.2) is 4.39 Å². The van der Waals surface area contributed by atoms with E-state index in [0.717, 1.165) is 12.8 Å². The van der Waals surface area contributed by atoms with Crippen molar-refractivity contribution >= 4 is 0 Å². The van der Waals surface area contributed by atoms with Crippen LogP contribution in [0, 0.1) is 11.6 Å². The number of aryl methyl sites for hydroxylation is 1. The van der Waals surface area contributed by atoms with Crippen LogP contribution in [0.25, 0.3) is 0 Å². The minimum Gasteiger partial charge on any atom is -0.489 e. The molecule has 4 heteroatoms. The molecule has 0 unspecified atom stereocenters. The molecule has 2 rings (SSSR count). The summed E-state index contributed by atoms with van der Waals surface area (Å²) in [5.41, 5.74) is 1.37. The number of allylic oxidation sites excluding steroid dienone is 1. The molecule has 122 valence electrons. The average molecular weight is 318 g/mol. The summed E-state index contributed by atoms with van der Waals surface area (Å²) in [6.45, 7) is 3.80. The summed E-state index contributed by atoms with van der Waals surface area (Å²) in [4.78, 5) is 0. The molecular formula is C19H20F2O2. The number of hydrogen-bond acceptors (Lipinski definition) is 2. The van der Waals surface area contributed by atoms with Crippen molar-refractivity contribution in [3.05, 3.63) is 71.5 Å². The Hall–Kier alpha value is -2.36. The van der Waals surface area contributed by atoms with Gasteiger partial charge < -0.3 is 9.47 Å². The van der Waals surface area contributed by atoms with E-state index in [9.17, 15) is 8.78 Å². The predicted molar refractivity (Wildman–Crippen MR) is 86.6 cm³/mol. The van der Waals surface area contributed by atoms with E-state index in [-0.39, 0.29) is 17.9 Å². The van der Waals surface area contributed by atoms with Gasteiger partial charge in [-0.3, -0.25) is 0 Å². The molecule has 2 nitrogen and oxygen atoms in total. The molecule has 0 fully saturated rings. The molecule has 0 amide bonds. The Balaban J connectivity index is 2.04. The molecule has 0 atom stereocenters.